The maximum Gasteiger partial charge on any atom is 0.164 e. The molecule has 0 aliphatic rings. The van der Waals surface area contributed by atoms with Crippen LogP contribution in [0.15, 0.2) is 36.7 Å². The van der Waals surface area contributed by atoms with Crippen LogP contribution in [-0.2, 0) is 13.1 Å². The fourth-order valence-corrected chi connectivity index (χ4v) is 2.05. The van der Waals surface area contributed by atoms with Crippen LogP contribution in [0, 0.1) is 11.7 Å². The van der Waals surface area contributed by atoms with E-state index in [-0.39, 0.29) is 5.82 Å². The molecular formula is C15H21FN3+. The lowest BCUT2D eigenvalue weighted by molar-refractivity contribution is -0.676. The Hall–Kier alpha value is -1.68. The summed E-state index contributed by atoms with van der Waals surface area (Å²) < 4.78 is 15.2. The van der Waals surface area contributed by atoms with Gasteiger partial charge in [0.1, 0.15) is 12.4 Å². The summed E-state index contributed by atoms with van der Waals surface area (Å²) in [6.45, 7) is 7.03. The van der Waals surface area contributed by atoms with Crippen LogP contribution in [0.25, 0.3) is 0 Å². The Bertz CT molecular complexity index is 520. The SMILES string of the molecule is CC(C)C[NH2+]Cc1nccn1Cc1cccc(F)c1. The zero-order valence-corrected chi connectivity index (χ0v) is 11.5. The summed E-state index contributed by atoms with van der Waals surface area (Å²) in [7, 11) is 0. The number of aromatic nitrogens is 2. The highest BCUT2D eigenvalue weighted by Crippen LogP contribution is 2.07. The molecule has 19 heavy (non-hydrogen) atoms. The number of nitrogens with zero attached hydrogens (tertiary/aromatic N) is 2. The molecule has 0 saturated carbocycles. The molecule has 0 aliphatic heterocycles. The van der Waals surface area contributed by atoms with E-state index < -0.39 is 0 Å². The molecular weight excluding hydrogens is 241 g/mol. The van der Waals surface area contributed by atoms with E-state index in [0.29, 0.717) is 12.5 Å². The maximum atomic E-state index is 13.2. The van der Waals surface area contributed by atoms with Crippen LogP contribution in [0.5, 0.6) is 0 Å². The number of imidazole rings is 1. The summed E-state index contributed by atoms with van der Waals surface area (Å²) >= 11 is 0. The van der Waals surface area contributed by atoms with Crippen molar-refractivity contribution in [2.45, 2.75) is 26.9 Å². The number of hydrogen-bond donors (Lipinski definition) is 1. The highest BCUT2D eigenvalue weighted by atomic mass is 19.1. The summed E-state index contributed by atoms with van der Waals surface area (Å²) in [6, 6.07) is 6.72. The van der Waals surface area contributed by atoms with Crippen LogP contribution in [0.3, 0.4) is 0 Å². The first-order chi connectivity index (χ1) is 9.15. The lowest BCUT2D eigenvalue weighted by atomic mass is 10.2. The lowest BCUT2D eigenvalue weighted by Gasteiger charge is -2.08. The second-order valence-corrected chi connectivity index (χ2v) is 5.22. The van der Waals surface area contributed by atoms with Gasteiger partial charge in [0.15, 0.2) is 5.82 Å². The first-order valence-electron chi connectivity index (χ1n) is 6.71. The van der Waals surface area contributed by atoms with Crippen molar-refractivity contribution in [2.75, 3.05) is 6.54 Å². The number of halogens is 1. The maximum absolute atomic E-state index is 13.2. The summed E-state index contributed by atoms with van der Waals surface area (Å²) in [6.07, 6.45) is 3.75. The van der Waals surface area contributed by atoms with Crippen molar-refractivity contribution in [1.29, 1.82) is 0 Å². The smallest absolute Gasteiger partial charge is 0.164 e. The van der Waals surface area contributed by atoms with Crippen LogP contribution in [0.1, 0.15) is 25.2 Å². The van der Waals surface area contributed by atoms with E-state index in [2.05, 4.69) is 28.7 Å². The van der Waals surface area contributed by atoms with Crippen molar-refractivity contribution in [3.8, 4) is 0 Å². The third-order valence-corrected chi connectivity index (χ3v) is 3.01. The van der Waals surface area contributed by atoms with E-state index in [4.69, 9.17) is 0 Å². The molecule has 2 rings (SSSR count). The fourth-order valence-electron chi connectivity index (χ4n) is 2.05. The number of quaternary nitrogens is 1. The molecule has 0 bridgehead atoms. The van der Waals surface area contributed by atoms with Gasteiger partial charge in [-0.05, 0) is 17.7 Å². The van der Waals surface area contributed by atoms with Crippen LogP contribution in [0.4, 0.5) is 4.39 Å². The molecule has 1 aromatic heterocycles. The predicted molar refractivity (Wildman–Crippen MR) is 73.1 cm³/mol. The highest BCUT2D eigenvalue weighted by Gasteiger charge is 2.06. The van der Waals surface area contributed by atoms with E-state index in [9.17, 15) is 4.39 Å². The third-order valence-electron chi connectivity index (χ3n) is 3.01. The van der Waals surface area contributed by atoms with Crippen LogP contribution in [0.2, 0.25) is 0 Å². The van der Waals surface area contributed by atoms with Gasteiger partial charge in [-0.2, -0.15) is 0 Å². The Balaban J connectivity index is 1.99. The van der Waals surface area contributed by atoms with Gasteiger partial charge in [-0.15, -0.1) is 0 Å². The highest BCUT2D eigenvalue weighted by molar-refractivity contribution is 5.17. The predicted octanol–water partition coefficient (Wildman–Crippen LogP) is 1.79. The van der Waals surface area contributed by atoms with Crippen LogP contribution < -0.4 is 5.32 Å². The quantitative estimate of drug-likeness (QED) is 0.846. The van der Waals surface area contributed by atoms with E-state index in [0.717, 1.165) is 24.5 Å². The lowest BCUT2D eigenvalue weighted by Crippen LogP contribution is -2.83. The van der Waals surface area contributed by atoms with Crippen molar-refractivity contribution in [3.05, 3.63) is 53.9 Å². The van der Waals surface area contributed by atoms with E-state index in [1.807, 2.05) is 12.3 Å². The van der Waals surface area contributed by atoms with Gasteiger partial charge < -0.3 is 9.88 Å². The number of rotatable bonds is 6. The van der Waals surface area contributed by atoms with E-state index in [1.165, 1.54) is 6.07 Å². The third kappa shape index (κ3) is 4.17. The van der Waals surface area contributed by atoms with Gasteiger partial charge in [0, 0.05) is 24.9 Å². The second-order valence-electron chi connectivity index (χ2n) is 5.22. The molecule has 0 spiro atoms. The largest absolute Gasteiger partial charge is 0.340 e. The molecule has 2 aromatic rings. The van der Waals surface area contributed by atoms with Gasteiger partial charge in [0.2, 0.25) is 0 Å². The summed E-state index contributed by atoms with van der Waals surface area (Å²) in [5.41, 5.74) is 0.961. The molecule has 4 heteroatoms. The van der Waals surface area contributed by atoms with Gasteiger partial charge in [0.05, 0.1) is 6.54 Å². The van der Waals surface area contributed by atoms with Crippen molar-refractivity contribution in [3.63, 3.8) is 0 Å². The van der Waals surface area contributed by atoms with Crippen molar-refractivity contribution < 1.29 is 9.71 Å². The van der Waals surface area contributed by atoms with E-state index in [1.54, 1.807) is 18.3 Å². The average molecular weight is 262 g/mol. The molecule has 1 heterocycles. The zero-order chi connectivity index (χ0) is 13.7. The molecule has 0 radical (unpaired) electrons. The first kappa shape index (κ1) is 13.7. The summed E-state index contributed by atoms with van der Waals surface area (Å²) in [4.78, 5) is 4.37. The molecule has 0 atom stereocenters. The molecule has 2 N–H and O–H groups in total. The van der Waals surface area contributed by atoms with Gasteiger partial charge in [-0.3, -0.25) is 0 Å². The number of benzene rings is 1. The first-order valence-corrected chi connectivity index (χ1v) is 6.71. The second kappa shape index (κ2) is 6.48. The van der Waals surface area contributed by atoms with Crippen LogP contribution >= 0.6 is 0 Å². The summed E-state index contributed by atoms with van der Waals surface area (Å²) in [5.74, 6) is 1.52. The molecule has 0 amide bonds. The van der Waals surface area contributed by atoms with Crippen molar-refractivity contribution in [2.24, 2.45) is 5.92 Å². The number of nitrogens with two attached hydrogens (primary N) is 1. The Kier molecular flexibility index (Phi) is 4.68. The minimum absolute atomic E-state index is 0.189. The molecule has 0 unspecified atom stereocenters. The summed E-state index contributed by atoms with van der Waals surface area (Å²) in [5, 5.41) is 2.26. The topological polar surface area (TPSA) is 34.4 Å². The number of hydrogen-bond acceptors (Lipinski definition) is 1. The zero-order valence-electron chi connectivity index (χ0n) is 11.5. The van der Waals surface area contributed by atoms with Crippen LogP contribution in [-0.4, -0.2) is 16.1 Å². The van der Waals surface area contributed by atoms with Gasteiger partial charge in [-0.25, -0.2) is 9.37 Å². The minimum Gasteiger partial charge on any atom is -0.340 e. The Labute approximate surface area is 113 Å². The molecule has 3 nitrogen and oxygen atoms in total. The fraction of sp³-hybridized carbons (Fsp3) is 0.400. The molecule has 0 saturated heterocycles. The monoisotopic (exact) mass is 262 g/mol. The molecule has 0 aliphatic carbocycles. The van der Waals surface area contributed by atoms with Gasteiger partial charge in [-0.1, -0.05) is 26.0 Å². The van der Waals surface area contributed by atoms with Gasteiger partial charge >= 0.3 is 0 Å². The molecule has 1 aromatic carbocycles. The van der Waals surface area contributed by atoms with E-state index >= 15 is 0 Å². The Morgan fingerprint density at radius 2 is 2.21 bits per heavy atom. The molecule has 0 fully saturated rings. The van der Waals surface area contributed by atoms with Gasteiger partial charge in [0.25, 0.3) is 0 Å². The minimum atomic E-state index is -0.189. The Morgan fingerprint density at radius 3 is 2.95 bits per heavy atom. The van der Waals surface area contributed by atoms with Crippen molar-refractivity contribution >= 4 is 0 Å². The average Bonchev–Trinajstić information content (AvgIpc) is 2.76. The molecule has 102 valence electrons. The van der Waals surface area contributed by atoms with Crippen molar-refractivity contribution in [1.82, 2.24) is 9.55 Å². The standard InChI is InChI=1S/C15H20FN3/c1-12(2)9-17-10-15-18-6-7-19(15)11-13-4-3-5-14(16)8-13/h3-8,12,17H,9-11H2,1-2H3/p+1. The normalized spacial score (nSPS) is 11.2. The Morgan fingerprint density at radius 1 is 1.37 bits per heavy atom.